The van der Waals surface area contributed by atoms with E-state index in [1.165, 1.54) is 27.3 Å². The minimum atomic E-state index is 1.03. The predicted molar refractivity (Wildman–Crippen MR) is 83.5 cm³/mol. The van der Waals surface area contributed by atoms with Crippen LogP contribution in [0.2, 0.25) is 0 Å². The van der Waals surface area contributed by atoms with E-state index in [0.717, 1.165) is 15.9 Å². The van der Waals surface area contributed by atoms with Crippen molar-refractivity contribution in [2.75, 3.05) is 0 Å². The van der Waals surface area contributed by atoms with E-state index in [9.17, 15) is 0 Å². The molecule has 0 N–H and O–H groups in total. The maximum absolute atomic E-state index is 4.84. The molecule has 1 aromatic heterocycles. The summed E-state index contributed by atoms with van der Waals surface area (Å²) in [5.41, 5.74) is 5.08. The van der Waals surface area contributed by atoms with Crippen LogP contribution >= 0.6 is 27.3 Å². The third-order valence-corrected chi connectivity index (χ3v) is 5.05. The molecule has 0 bridgehead atoms. The number of thiazole rings is 1. The lowest BCUT2D eigenvalue weighted by atomic mass is 10.1. The summed E-state index contributed by atoms with van der Waals surface area (Å²) in [6.45, 7) is 0. The van der Waals surface area contributed by atoms with E-state index in [1.54, 1.807) is 0 Å². The number of benzene rings is 2. The van der Waals surface area contributed by atoms with E-state index >= 15 is 0 Å². The lowest BCUT2D eigenvalue weighted by molar-refractivity contribution is 1.31. The van der Waals surface area contributed by atoms with Crippen molar-refractivity contribution in [3.63, 3.8) is 0 Å². The van der Waals surface area contributed by atoms with Crippen LogP contribution in [0.1, 0.15) is 10.4 Å². The standard InChI is InChI=1S/C16H10BrNS/c17-12-7-5-10(6-8-12)16-18-15-13-4-2-1-3-11(13)9-14(15)19-16/h1-8H,9H2. The summed E-state index contributed by atoms with van der Waals surface area (Å²) < 4.78 is 1.10. The Morgan fingerprint density at radius 2 is 1.79 bits per heavy atom. The van der Waals surface area contributed by atoms with E-state index in [1.807, 2.05) is 11.3 Å². The van der Waals surface area contributed by atoms with Crippen molar-refractivity contribution < 1.29 is 0 Å². The molecular formula is C16H10BrNS. The second-order valence-corrected chi connectivity index (χ2v) is 6.63. The van der Waals surface area contributed by atoms with Crippen molar-refractivity contribution in [3.8, 4) is 21.8 Å². The molecule has 2 aromatic carbocycles. The molecule has 0 atom stereocenters. The fourth-order valence-corrected chi connectivity index (χ4v) is 3.84. The van der Waals surface area contributed by atoms with Crippen LogP contribution in [0.25, 0.3) is 21.8 Å². The molecule has 1 heterocycles. The van der Waals surface area contributed by atoms with Gasteiger partial charge in [0, 0.05) is 26.9 Å². The lowest BCUT2D eigenvalue weighted by Crippen LogP contribution is -1.81. The largest absolute Gasteiger partial charge is 0.236 e. The minimum absolute atomic E-state index is 1.03. The fourth-order valence-electron chi connectivity index (χ4n) is 2.48. The Morgan fingerprint density at radius 3 is 2.63 bits per heavy atom. The molecule has 0 aliphatic heterocycles. The monoisotopic (exact) mass is 327 g/mol. The van der Waals surface area contributed by atoms with Gasteiger partial charge in [-0.1, -0.05) is 52.3 Å². The Bertz CT molecular complexity index is 759. The molecule has 0 amide bonds. The van der Waals surface area contributed by atoms with Crippen molar-refractivity contribution in [2.45, 2.75) is 6.42 Å². The summed E-state index contributed by atoms with van der Waals surface area (Å²) in [5.74, 6) is 0. The minimum Gasteiger partial charge on any atom is -0.236 e. The van der Waals surface area contributed by atoms with E-state index in [0.29, 0.717) is 0 Å². The number of aromatic nitrogens is 1. The third kappa shape index (κ3) is 1.85. The first-order valence-corrected chi connectivity index (χ1v) is 7.76. The number of hydrogen-bond acceptors (Lipinski definition) is 2. The summed E-state index contributed by atoms with van der Waals surface area (Å²) in [5, 5.41) is 1.12. The summed E-state index contributed by atoms with van der Waals surface area (Å²) in [4.78, 5) is 6.22. The first-order chi connectivity index (χ1) is 9.31. The van der Waals surface area contributed by atoms with Gasteiger partial charge in [0.2, 0.25) is 0 Å². The number of hydrogen-bond donors (Lipinski definition) is 0. The summed E-state index contributed by atoms with van der Waals surface area (Å²) in [6, 6.07) is 16.9. The van der Waals surface area contributed by atoms with Crippen LogP contribution < -0.4 is 0 Å². The van der Waals surface area contributed by atoms with E-state index in [-0.39, 0.29) is 0 Å². The van der Waals surface area contributed by atoms with Crippen LogP contribution in [0.5, 0.6) is 0 Å². The molecular weight excluding hydrogens is 318 g/mol. The molecule has 1 aliphatic rings. The molecule has 0 spiro atoms. The van der Waals surface area contributed by atoms with Gasteiger partial charge >= 0.3 is 0 Å². The molecule has 19 heavy (non-hydrogen) atoms. The quantitative estimate of drug-likeness (QED) is 0.471. The molecule has 1 nitrogen and oxygen atoms in total. The van der Waals surface area contributed by atoms with Gasteiger partial charge in [-0.3, -0.25) is 0 Å². The molecule has 4 rings (SSSR count). The van der Waals surface area contributed by atoms with Crippen molar-refractivity contribution in [1.29, 1.82) is 0 Å². The van der Waals surface area contributed by atoms with Crippen LogP contribution in [0.3, 0.4) is 0 Å². The predicted octanol–water partition coefficient (Wildman–Crippen LogP) is 5.14. The Kier molecular flexibility index (Phi) is 2.57. The van der Waals surface area contributed by atoms with Crippen LogP contribution in [-0.2, 0) is 6.42 Å². The molecule has 1 aliphatic carbocycles. The Labute approximate surface area is 124 Å². The highest BCUT2D eigenvalue weighted by molar-refractivity contribution is 9.10. The normalized spacial score (nSPS) is 12.3. The highest BCUT2D eigenvalue weighted by atomic mass is 79.9. The van der Waals surface area contributed by atoms with E-state index in [4.69, 9.17) is 4.98 Å². The second kappa shape index (κ2) is 4.29. The van der Waals surface area contributed by atoms with E-state index < -0.39 is 0 Å². The van der Waals surface area contributed by atoms with Crippen molar-refractivity contribution >= 4 is 27.3 Å². The summed E-state index contributed by atoms with van der Waals surface area (Å²) >= 11 is 5.28. The SMILES string of the molecule is Brc1ccc(-c2nc3c(s2)Cc2ccccc2-3)cc1. The van der Waals surface area contributed by atoms with Crippen LogP contribution in [-0.4, -0.2) is 4.98 Å². The van der Waals surface area contributed by atoms with Crippen LogP contribution in [0.15, 0.2) is 53.0 Å². The number of nitrogens with zero attached hydrogens (tertiary/aromatic N) is 1. The smallest absolute Gasteiger partial charge is 0.124 e. The molecule has 3 heteroatoms. The van der Waals surface area contributed by atoms with Gasteiger partial charge in [-0.2, -0.15) is 0 Å². The van der Waals surface area contributed by atoms with Crippen molar-refractivity contribution in [2.24, 2.45) is 0 Å². The van der Waals surface area contributed by atoms with Crippen LogP contribution in [0.4, 0.5) is 0 Å². The zero-order valence-corrected chi connectivity index (χ0v) is 12.5. The van der Waals surface area contributed by atoms with Crippen molar-refractivity contribution in [1.82, 2.24) is 4.98 Å². The van der Waals surface area contributed by atoms with Gasteiger partial charge in [0.15, 0.2) is 0 Å². The van der Waals surface area contributed by atoms with Gasteiger partial charge in [-0.25, -0.2) is 4.98 Å². The first-order valence-electron chi connectivity index (χ1n) is 6.15. The maximum atomic E-state index is 4.84. The Morgan fingerprint density at radius 1 is 1.00 bits per heavy atom. The zero-order chi connectivity index (χ0) is 12.8. The summed E-state index contributed by atoms with van der Waals surface area (Å²) in [6.07, 6.45) is 1.03. The number of rotatable bonds is 1. The zero-order valence-electron chi connectivity index (χ0n) is 10.1. The first kappa shape index (κ1) is 11.4. The Balaban J connectivity index is 1.82. The fraction of sp³-hybridized carbons (Fsp3) is 0.0625. The second-order valence-electron chi connectivity index (χ2n) is 4.63. The molecule has 0 radical (unpaired) electrons. The average molecular weight is 328 g/mol. The molecule has 0 saturated carbocycles. The maximum Gasteiger partial charge on any atom is 0.124 e. The van der Waals surface area contributed by atoms with Gasteiger partial charge in [-0.05, 0) is 17.7 Å². The molecule has 0 unspecified atom stereocenters. The van der Waals surface area contributed by atoms with Gasteiger partial charge < -0.3 is 0 Å². The Hall–Kier alpha value is -1.45. The molecule has 0 saturated heterocycles. The molecule has 0 fully saturated rings. The van der Waals surface area contributed by atoms with Gasteiger partial charge in [0.25, 0.3) is 0 Å². The van der Waals surface area contributed by atoms with E-state index in [2.05, 4.69) is 64.5 Å². The molecule has 92 valence electrons. The average Bonchev–Trinajstić information content (AvgIpc) is 2.97. The van der Waals surface area contributed by atoms with Gasteiger partial charge in [0.05, 0.1) is 5.69 Å². The number of fused-ring (bicyclic) bond motifs is 3. The third-order valence-electron chi connectivity index (χ3n) is 3.41. The van der Waals surface area contributed by atoms with Gasteiger partial charge in [0.1, 0.15) is 5.01 Å². The van der Waals surface area contributed by atoms with Crippen LogP contribution in [0, 0.1) is 0 Å². The molecule has 3 aromatic rings. The van der Waals surface area contributed by atoms with Gasteiger partial charge in [-0.15, -0.1) is 11.3 Å². The number of halogens is 1. The summed E-state index contributed by atoms with van der Waals surface area (Å²) in [7, 11) is 0. The lowest BCUT2D eigenvalue weighted by Gasteiger charge is -1.99. The highest BCUT2D eigenvalue weighted by Crippen LogP contribution is 2.41. The topological polar surface area (TPSA) is 12.9 Å². The van der Waals surface area contributed by atoms with Crippen molar-refractivity contribution in [3.05, 3.63) is 63.4 Å². The highest BCUT2D eigenvalue weighted by Gasteiger charge is 2.22.